The molecule has 10 heteroatoms. The van der Waals surface area contributed by atoms with Gasteiger partial charge in [-0.05, 0) is 61.8 Å². The molecule has 2 aromatic carbocycles. The number of amides is 1. The standard InChI is InChI=1S/C25H26N6O2.2ClH/c32-23(29-33)11-9-18-8-10-22-20(16-18)21-17-31(19-6-2-1-3-7-19)28-24(21)25(27-22)26-12-15-30-13-4-5-14-30;;/h1-3,6-11,16-17,33H,4-5,12-15H2,(H,26,27)(H,29,32);2*1H. The molecule has 1 aliphatic heterocycles. The van der Waals surface area contributed by atoms with Gasteiger partial charge in [0.1, 0.15) is 5.52 Å². The van der Waals surface area contributed by atoms with Crippen LogP contribution in [0, 0.1) is 0 Å². The van der Waals surface area contributed by atoms with Gasteiger partial charge in [0, 0.05) is 36.1 Å². The van der Waals surface area contributed by atoms with E-state index >= 15 is 0 Å². The van der Waals surface area contributed by atoms with Gasteiger partial charge in [-0.25, -0.2) is 15.1 Å². The fraction of sp³-hybridized carbons (Fsp3) is 0.240. The zero-order valence-corrected chi connectivity index (χ0v) is 20.7. The smallest absolute Gasteiger partial charge is 0.267 e. The number of anilines is 1. The first kappa shape index (κ1) is 26.4. The number of halogens is 2. The Morgan fingerprint density at radius 1 is 1.06 bits per heavy atom. The lowest BCUT2D eigenvalue weighted by Crippen LogP contribution is -2.26. The predicted octanol–water partition coefficient (Wildman–Crippen LogP) is 4.44. The first-order valence-electron chi connectivity index (χ1n) is 11.2. The van der Waals surface area contributed by atoms with Gasteiger partial charge in [-0.2, -0.15) is 5.10 Å². The van der Waals surface area contributed by atoms with Gasteiger partial charge in [0.25, 0.3) is 5.91 Å². The number of hydrogen-bond donors (Lipinski definition) is 3. The van der Waals surface area contributed by atoms with Crippen LogP contribution in [0.4, 0.5) is 5.82 Å². The third-order valence-electron chi connectivity index (χ3n) is 5.96. The van der Waals surface area contributed by atoms with Crippen molar-refractivity contribution in [2.75, 3.05) is 31.5 Å². The van der Waals surface area contributed by atoms with E-state index in [0.29, 0.717) is 0 Å². The van der Waals surface area contributed by atoms with Gasteiger partial charge in [-0.3, -0.25) is 10.0 Å². The molecule has 0 unspecified atom stereocenters. The average molecular weight is 515 g/mol. The maximum absolute atomic E-state index is 11.4. The van der Waals surface area contributed by atoms with E-state index < -0.39 is 5.91 Å². The largest absolute Gasteiger partial charge is 0.367 e. The van der Waals surface area contributed by atoms with Gasteiger partial charge in [-0.15, -0.1) is 24.8 Å². The van der Waals surface area contributed by atoms with E-state index in [0.717, 1.165) is 65.1 Å². The van der Waals surface area contributed by atoms with Gasteiger partial charge in [0.05, 0.1) is 11.2 Å². The van der Waals surface area contributed by atoms with Crippen LogP contribution in [0.5, 0.6) is 0 Å². The molecule has 1 amide bonds. The summed E-state index contributed by atoms with van der Waals surface area (Å²) in [5, 5.41) is 19.0. The molecular formula is C25H28Cl2N6O2. The highest BCUT2D eigenvalue weighted by Gasteiger charge is 2.15. The zero-order valence-electron chi connectivity index (χ0n) is 19.1. The second-order valence-electron chi connectivity index (χ2n) is 8.19. The summed E-state index contributed by atoms with van der Waals surface area (Å²) in [5.74, 6) is 0.196. The van der Waals surface area contributed by atoms with Gasteiger partial charge >= 0.3 is 0 Å². The lowest BCUT2D eigenvalue weighted by atomic mass is 10.1. The Bertz CT molecular complexity index is 1320. The molecule has 0 radical (unpaired) electrons. The van der Waals surface area contributed by atoms with Crippen LogP contribution in [0.2, 0.25) is 0 Å². The van der Waals surface area contributed by atoms with E-state index in [1.807, 2.05) is 59.4 Å². The summed E-state index contributed by atoms with van der Waals surface area (Å²) in [5.41, 5.74) is 5.07. The first-order chi connectivity index (χ1) is 16.2. The van der Waals surface area contributed by atoms with Crippen LogP contribution in [-0.4, -0.2) is 57.0 Å². The summed E-state index contributed by atoms with van der Waals surface area (Å²) in [4.78, 5) is 18.7. The molecule has 0 bridgehead atoms. The number of benzene rings is 2. The third kappa shape index (κ3) is 5.91. The molecule has 0 aliphatic carbocycles. The van der Waals surface area contributed by atoms with Gasteiger partial charge in [0.2, 0.25) is 0 Å². The van der Waals surface area contributed by atoms with E-state index in [2.05, 4.69) is 10.2 Å². The number of carbonyl (C=O) groups excluding carboxylic acids is 1. The van der Waals surface area contributed by atoms with E-state index in [9.17, 15) is 4.79 Å². The van der Waals surface area contributed by atoms with Crippen LogP contribution >= 0.6 is 24.8 Å². The summed E-state index contributed by atoms with van der Waals surface area (Å²) in [6, 6.07) is 15.8. The topological polar surface area (TPSA) is 95.3 Å². The van der Waals surface area contributed by atoms with Crippen LogP contribution in [0.15, 0.2) is 60.8 Å². The SMILES string of the molecule is Cl.Cl.O=C(C=Cc1ccc2nc(NCCN3CCCC3)c3nn(-c4ccccc4)cc3c2c1)NO. The summed E-state index contributed by atoms with van der Waals surface area (Å²) in [6.45, 7) is 4.12. The monoisotopic (exact) mass is 514 g/mol. The predicted molar refractivity (Wildman–Crippen MR) is 144 cm³/mol. The molecule has 184 valence electrons. The fourth-order valence-corrected chi connectivity index (χ4v) is 4.27. The van der Waals surface area contributed by atoms with Crippen LogP contribution < -0.4 is 10.8 Å². The van der Waals surface area contributed by atoms with Crippen molar-refractivity contribution in [3.8, 4) is 5.69 Å². The number of nitrogens with zero attached hydrogens (tertiary/aromatic N) is 4. The number of para-hydroxylation sites is 1. The van der Waals surface area contributed by atoms with Crippen molar-refractivity contribution in [1.29, 1.82) is 0 Å². The molecule has 4 aromatic rings. The molecule has 3 N–H and O–H groups in total. The van der Waals surface area contributed by atoms with Crippen LogP contribution in [0.3, 0.4) is 0 Å². The van der Waals surface area contributed by atoms with Crippen LogP contribution in [0.25, 0.3) is 33.6 Å². The van der Waals surface area contributed by atoms with Crippen LogP contribution in [-0.2, 0) is 4.79 Å². The highest BCUT2D eigenvalue weighted by atomic mass is 35.5. The van der Waals surface area contributed by atoms with Gasteiger partial charge < -0.3 is 10.2 Å². The average Bonchev–Trinajstić information content (AvgIpc) is 3.54. The van der Waals surface area contributed by atoms with E-state index in [4.69, 9.17) is 15.3 Å². The highest BCUT2D eigenvalue weighted by molar-refractivity contribution is 6.09. The second-order valence-corrected chi connectivity index (χ2v) is 8.19. The molecule has 1 saturated heterocycles. The first-order valence-corrected chi connectivity index (χ1v) is 11.2. The number of hydroxylamine groups is 1. The van der Waals surface area contributed by atoms with E-state index in [1.54, 1.807) is 11.6 Å². The molecule has 35 heavy (non-hydrogen) atoms. The molecule has 0 atom stereocenters. The fourth-order valence-electron chi connectivity index (χ4n) is 4.27. The zero-order chi connectivity index (χ0) is 22.6. The molecule has 0 spiro atoms. The van der Waals surface area contributed by atoms with E-state index in [-0.39, 0.29) is 24.8 Å². The lowest BCUT2D eigenvalue weighted by molar-refractivity contribution is -0.124. The van der Waals surface area contributed by atoms with Crippen molar-refractivity contribution in [2.24, 2.45) is 0 Å². The highest BCUT2D eigenvalue weighted by Crippen LogP contribution is 2.30. The number of carbonyl (C=O) groups is 1. The van der Waals surface area contributed by atoms with Gasteiger partial charge in [0.15, 0.2) is 5.82 Å². The number of pyridine rings is 1. The summed E-state index contributed by atoms with van der Waals surface area (Å²) in [6.07, 6.45) is 7.51. The minimum atomic E-state index is -0.576. The molecule has 8 nitrogen and oxygen atoms in total. The second kappa shape index (κ2) is 12.0. The summed E-state index contributed by atoms with van der Waals surface area (Å²) in [7, 11) is 0. The third-order valence-corrected chi connectivity index (χ3v) is 5.96. The normalized spacial score (nSPS) is 13.6. The van der Waals surface area contributed by atoms with Gasteiger partial charge in [-0.1, -0.05) is 24.3 Å². The van der Waals surface area contributed by atoms with Crippen molar-refractivity contribution in [3.63, 3.8) is 0 Å². The van der Waals surface area contributed by atoms with Crippen molar-refractivity contribution in [1.82, 2.24) is 25.1 Å². The number of nitrogens with one attached hydrogen (secondary N) is 2. The summed E-state index contributed by atoms with van der Waals surface area (Å²) < 4.78 is 1.87. The lowest BCUT2D eigenvalue weighted by Gasteiger charge is -2.15. The number of aromatic nitrogens is 3. The van der Waals surface area contributed by atoms with Crippen molar-refractivity contribution in [2.45, 2.75) is 12.8 Å². The minimum absolute atomic E-state index is 0. The maximum atomic E-state index is 11.4. The number of hydrogen-bond acceptors (Lipinski definition) is 6. The molecule has 2 aromatic heterocycles. The molecule has 1 fully saturated rings. The Hall–Kier alpha value is -3.17. The van der Waals surface area contributed by atoms with Crippen LogP contribution in [0.1, 0.15) is 18.4 Å². The quantitative estimate of drug-likeness (QED) is 0.191. The van der Waals surface area contributed by atoms with Crippen molar-refractivity contribution < 1.29 is 10.0 Å². The number of fused-ring (bicyclic) bond motifs is 3. The Labute approximate surface area is 215 Å². The molecule has 1 aliphatic rings. The van der Waals surface area contributed by atoms with Crippen molar-refractivity contribution >= 4 is 64.4 Å². The Morgan fingerprint density at radius 3 is 2.57 bits per heavy atom. The Balaban J connectivity index is 0.00000171. The van der Waals surface area contributed by atoms with Crippen molar-refractivity contribution in [3.05, 3.63) is 66.4 Å². The number of rotatable bonds is 7. The maximum Gasteiger partial charge on any atom is 0.267 e. The van der Waals surface area contributed by atoms with E-state index in [1.165, 1.54) is 18.9 Å². The molecule has 5 rings (SSSR count). The molecule has 3 heterocycles. The number of likely N-dealkylation sites (tertiary alicyclic amines) is 1. The Kier molecular flexibility index (Phi) is 9.06. The molecular weight excluding hydrogens is 487 g/mol. The summed E-state index contributed by atoms with van der Waals surface area (Å²) >= 11 is 0. The molecule has 0 saturated carbocycles. The Morgan fingerprint density at radius 2 is 1.83 bits per heavy atom. The minimum Gasteiger partial charge on any atom is -0.367 e.